The van der Waals surface area contributed by atoms with Gasteiger partial charge in [0.05, 0.1) is 17.2 Å². The molecule has 0 aliphatic heterocycles. The molecule has 2 heterocycles. The Bertz CT molecular complexity index is 1370. The smallest absolute Gasteiger partial charge is 0.341 e. The number of fused-ring (bicyclic) bond motifs is 1. The van der Waals surface area contributed by atoms with Gasteiger partial charge in [-0.3, -0.25) is 4.79 Å². The van der Waals surface area contributed by atoms with Crippen LogP contribution in [-0.4, -0.2) is 18.5 Å². The summed E-state index contributed by atoms with van der Waals surface area (Å²) in [5, 5.41) is 13.8. The molecule has 6 nitrogen and oxygen atoms in total. The van der Waals surface area contributed by atoms with Gasteiger partial charge in [0.2, 0.25) is 0 Å². The molecule has 4 rings (SSSR count). The van der Waals surface area contributed by atoms with E-state index in [1.54, 1.807) is 30.3 Å². The number of halogens is 2. The van der Waals surface area contributed by atoms with Crippen molar-refractivity contribution in [1.82, 2.24) is 0 Å². The maximum absolute atomic E-state index is 13.0. The monoisotopic (exact) mass is 542 g/mol. The number of nitrogens with one attached hydrogen (secondary N) is 1. The molecule has 0 bridgehead atoms. The highest BCUT2D eigenvalue weighted by molar-refractivity contribution is 7.17. The van der Waals surface area contributed by atoms with Crippen LogP contribution in [-0.2, 0) is 22.4 Å². The minimum Gasteiger partial charge on any atom is -0.462 e. The Hall–Kier alpha value is -3.05. The SMILES string of the molecule is CCCCOC(=O)c1c(NC(=O)/C(C#N)=C/c2ccc(-c3ccc(Cl)cc3Cl)o2)sc2c1CCCC2. The average molecular weight is 543 g/mol. The van der Waals surface area contributed by atoms with Crippen molar-refractivity contribution >= 4 is 57.5 Å². The summed E-state index contributed by atoms with van der Waals surface area (Å²) in [6, 6.07) is 10.3. The first-order valence-corrected chi connectivity index (χ1v) is 13.3. The molecule has 2 aromatic heterocycles. The molecule has 1 aliphatic carbocycles. The van der Waals surface area contributed by atoms with Crippen LogP contribution in [0.2, 0.25) is 10.0 Å². The fourth-order valence-corrected chi connectivity index (χ4v) is 5.75. The number of furan rings is 1. The lowest BCUT2D eigenvalue weighted by Gasteiger charge is -2.12. The number of carbonyl (C=O) groups is 2. The summed E-state index contributed by atoms with van der Waals surface area (Å²) in [6.07, 6.45) is 6.68. The molecule has 0 atom stereocenters. The number of esters is 1. The predicted molar refractivity (Wildman–Crippen MR) is 143 cm³/mol. The summed E-state index contributed by atoms with van der Waals surface area (Å²) in [5.74, 6) is -0.270. The third-order valence-corrected chi connectivity index (χ3v) is 7.56. The van der Waals surface area contributed by atoms with Crippen molar-refractivity contribution in [3.63, 3.8) is 0 Å². The lowest BCUT2D eigenvalue weighted by atomic mass is 9.95. The highest BCUT2D eigenvalue weighted by atomic mass is 35.5. The van der Waals surface area contributed by atoms with Crippen molar-refractivity contribution in [2.24, 2.45) is 0 Å². The van der Waals surface area contributed by atoms with E-state index in [9.17, 15) is 14.9 Å². The Labute approximate surface area is 223 Å². The van der Waals surface area contributed by atoms with E-state index >= 15 is 0 Å². The van der Waals surface area contributed by atoms with E-state index in [4.69, 9.17) is 32.4 Å². The van der Waals surface area contributed by atoms with Gasteiger partial charge in [0.25, 0.3) is 5.91 Å². The molecule has 0 saturated carbocycles. The second kappa shape index (κ2) is 11.8. The molecule has 9 heteroatoms. The number of ether oxygens (including phenoxy) is 1. The van der Waals surface area contributed by atoms with Gasteiger partial charge in [0.1, 0.15) is 28.2 Å². The number of thiophene rings is 1. The maximum Gasteiger partial charge on any atom is 0.341 e. The number of aryl methyl sites for hydroxylation is 1. The number of anilines is 1. The zero-order valence-electron chi connectivity index (χ0n) is 19.7. The Morgan fingerprint density at radius 2 is 2.03 bits per heavy atom. The molecule has 3 aromatic rings. The molecular formula is C27H24Cl2N2O4S. The maximum atomic E-state index is 13.0. The number of carbonyl (C=O) groups excluding carboxylic acids is 2. The molecule has 36 heavy (non-hydrogen) atoms. The van der Waals surface area contributed by atoms with E-state index < -0.39 is 11.9 Å². The quantitative estimate of drug-likeness (QED) is 0.136. The topological polar surface area (TPSA) is 92.3 Å². The standard InChI is InChI=1S/C27H24Cl2N2O4S/c1-2-3-12-34-27(33)24-20-6-4-5-7-23(20)36-26(24)31-25(32)16(15-30)13-18-9-11-22(35-18)19-10-8-17(28)14-21(19)29/h8-11,13-14H,2-7,12H2,1H3,(H,31,32)/b16-13+. The van der Waals surface area contributed by atoms with Gasteiger partial charge in [0.15, 0.2) is 0 Å². The number of nitriles is 1. The highest BCUT2D eigenvalue weighted by Gasteiger charge is 2.28. The number of benzene rings is 1. The third-order valence-electron chi connectivity index (χ3n) is 5.81. The Morgan fingerprint density at radius 3 is 2.78 bits per heavy atom. The van der Waals surface area contributed by atoms with Gasteiger partial charge in [-0.1, -0.05) is 36.5 Å². The molecule has 0 spiro atoms. The number of hydrogen-bond donors (Lipinski definition) is 1. The molecule has 0 unspecified atom stereocenters. The first-order valence-electron chi connectivity index (χ1n) is 11.7. The number of nitrogens with zero attached hydrogens (tertiary/aromatic N) is 1. The fraction of sp³-hybridized carbons (Fsp3) is 0.296. The van der Waals surface area contributed by atoms with E-state index in [-0.39, 0.29) is 5.57 Å². The van der Waals surface area contributed by atoms with Gasteiger partial charge >= 0.3 is 5.97 Å². The molecule has 186 valence electrons. The van der Waals surface area contributed by atoms with E-state index in [2.05, 4.69) is 5.32 Å². The van der Waals surface area contributed by atoms with E-state index in [1.165, 1.54) is 17.4 Å². The Kier molecular flexibility index (Phi) is 8.52. The summed E-state index contributed by atoms with van der Waals surface area (Å²) >= 11 is 13.6. The van der Waals surface area contributed by atoms with Crippen molar-refractivity contribution < 1.29 is 18.7 Å². The predicted octanol–water partition coefficient (Wildman–Crippen LogP) is 7.70. The van der Waals surface area contributed by atoms with Gasteiger partial charge in [-0.25, -0.2) is 4.79 Å². The summed E-state index contributed by atoms with van der Waals surface area (Å²) in [4.78, 5) is 27.0. The van der Waals surface area contributed by atoms with Gasteiger partial charge < -0.3 is 14.5 Å². The van der Waals surface area contributed by atoms with E-state index in [0.29, 0.717) is 44.3 Å². The van der Waals surface area contributed by atoms with Crippen LogP contribution < -0.4 is 5.32 Å². The fourth-order valence-electron chi connectivity index (χ4n) is 3.98. The zero-order valence-corrected chi connectivity index (χ0v) is 22.0. The van der Waals surface area contributed by atoms with Gasteiger partial charge in [-0.2, -0.15) is 5.26 Å². The lowest BCUT2D eigenvalue weighted by Crippen LogP contribution is -2.17. The van der Waals surface area contributed by atoms with Gasteiger partial charge in [0, 0.05) is 21.5 Å². The molecule has 1 amide bonds. The van der Waals surface area contributed by atoms with Crippen molar-refractivity contribution in [2.45, 2.75) is 45.4 Å². The lowest BCUT2D eigenvalue weighted by molar-refractivity contribution is -0.112. The molecule has 1 aromatic carbocycles. The number of rotatable bonds is 8. The molecular weight excluding hydrogens is 519 g/mol. The summed E-state index contributed by atoms with van der Waals surface area (Å²) < 4.78 is 11.3. The molecule has 1 N–H and O–H groups in total. The van der Waals surface area contributed by atoms with Crippen LogP contribution in [0, 0.1) is 11.3 Å². The van der Waals surface area contributed by atoms with E-state index in [0.717, 1.165) is 49.0 Å². The zero-order chi connectivity index (χ0) is 25.7. The normalized spacial score (nSPS) is 13.1. The molecule has 0 radical (unpaired) electrons. The largest absolute Gasteiger partial charge is 0.462 e. The van der Waals surface area contributed by atoms with Crippen molar-refractivity contribution in [3.8, 4) is 17.4 Å². The van der Waals surface area contributed by atoms with Crippen molar-refractivity contribution in [2.75, 3.05) is 11.9 Å². The number of unbranched alkanes of at least 4 members (excludes halogenated alkanes) is 1. The Balaban J connectivity index is 1.57. The molecule has 0 saturated heterocycles. The number of amides is 1. The van der Waals surface area contributed by atoms with Crippen LogP contribution in [0.25, 0.3) is 17.4 Å². The first kappa shape index (κ1) is 26.0. The second-order valence-electron chi connectivity index (χ2n) is 8.35. The van der Waals surface area contributed by atoms with Gasteiger partial charge in [-0.05, 0) is 68.0 Å². The van der Waals surface area contributed by atoms with Crippen LogP contribution in [0.15, 0.2) is 40.3 Å². The minimum absolute atomic E-state index is 0.158. The van der Waals surface area contributed by atoms with Crippen LogP contribution in [0.5, 0.6) is 0 Å². The molecule has 0 fully saturated rings. The van der Waals surface area contributed by atoms with Crippen molar-refractivity contribution in [3.05, 3.63) is 67.7 Å². The number of hydrogen-bond acceptors (Lipinski definition) is 6. The second-order valence-corrected chi connectivity index (χ2v) is 10.3. The van der Waals surface area contributed by atoms with Crippen LogP contribution in [0.1, 0.15) is 59.2 Å². The van der Waals surface area contributed by atoms with Gasteiger partial charge in [-0.15, -0.1) is 11.3 Å². The summed E-state index contributed by atoms with van der Waals surface area (Å²) in [5.41, 5.74) is 1.84. The Morgan fingerprint density at radius 1 is 1.22 bits per heavy atom. The van der Waals surface area contributed by atoms with Crippen molar-refractivity contribution in [1.29, 1.82) is 5.26 Å². The molecule has 1 aliphatic rings. The third kappa shape index (κ3) is 5.84. The van der Waals surface area contributed by atoms with Crippen LogP contribution in [0.4, 0.5) is 5.00 Å². The first-order chi connectivity index (χ1) is 17.4. The summed E-state index contributed by atoms with van der Waals surface area (Å²) in [6.45, 7) is 2.35. The average Bonchev–Trinajstić information content (AvgIpc) is 3.46. The highest BCUT2D eigenvalue weighted by Crippen LogP contribution is 2.39. The minimum atomic E-state index is -0.624. The van der Waals surface area contributed by atoms with E-state index in [1.807, 2.05) is 13.0 Å². The van der Waals surface area contributed by atoms with Crippen LogP contribution in [0.3, 0.4) is 0 Å². The van der Waals surface area contributed by atoms with Crippen LogP contribution >= 0.6 is 34.5 Å². The summed E-state index contributed by atoms with van der Waals surface area (Å²) in [7, 11) is 0.